The van der Waals surface area contributed by atoms with Crippen LogP contribution in [0.3, 0.4) is 0 Å². The molecule has 0 saturated carbocycles. The maximum absolute atomic E-state index is 5.84. The molecule has 126 valence electrons. The average Bonchev–Trinajstić information content (AvgIpc) is 2.61. The van der Waals surface area contributed by atoms with Gasteiger partial charge in [-0.25, -0.2) is 0 Å². The SMILES string of the molecule is CNC(=S)NN=Cc1ccc(OCc2ccc(Br)cc2)c(OC)c1. The first-order valence-corrected chi connectivity index (χ1v) is 8.38. The molecule has 0 bridgehead atoms. The number of ether oxygens (including phenoxy) is 2. The van der Waals surface area contributed by atoms with Crippen LogP contribution in [0.1, 0.15) is 11.1 Å². The molecule has 0 spiro atoms. The molecule has 0 heterocycles. The van der Waals surface area contributed by atoms with Crippen LogP contribution in [0.4, 0.5) is 0 Å². The van der Waals surface area contributed by atoms with Gasteiger partial charge in [-0.05, 0) is 53.7 Å². The lowest BCUT2D eigenvalue weighted by Crippen LogP contribution is -2.28. The van der Waals surface area contributed by atoms with Gasteiger partial charge in [0, 0.05) is 11.5 Å². The highest BCUT2D eigenvalue weighted by Crippen LogP contribution is 2.28. The van der Waals surface area contributed by atoms with Gasteiger partial charge in [-0.3, -0.25) is 5.43 Å². The molecule has 2 aromatic carbocycles. The second kappa shape index (κ2) is 9.24. The summed E-state index contributed by atoms with van der Waals surface area (Å²) in [6.07, 6.45) is 1.66. The summed E-state index contributed by atoms with van der Waals surface area (Å²) in [7, 11) is 3.34. The molecule has 0 unspecified atom stereocenters. The Bertz CT molecular complexity index is 720. The molecule has 0 amide bonds. The molecule has 0 aromatic heterocycles. The third-order valence-electron chi connectivity index (χ3n) is 3.10. The Labute approximate surface area is 155 Å². The standard InChI is InChI=1S/C17H18BrN3O2S/c1-19-17(24)21-20-10-13-5-8-15(16(9-13)22-2)23-11-12-3-6-14(18)7-4-12/h3-10H,11H2,1-2H3,(H2,19,21,24). The number of halogens is 1. The van der Waals surface area contributed by atoms with Crippen molar-refractivity contribution in [2.24, 2.45) is 5.10 Å². The van der Waals surface area contributed by atoms with Crippen molar-refractivity contribution < 1.29 is 9.47 Å². The van der Waals surface area contributed by atoms with Crippen LogP contribution in [-0.4, -0.2) is 25.5 Å². The van der Waals surface area contributed by atoms with Crippen molar-refractivity contribution in [1.29, 1.82) is 0 Å². The van der Waals surface area contributed by atoms with Crippen molar-refractivity contribution in [3.8, 4) is 11.5 Å². The Morgan fingerprint density at radius 2 is 1.96 bits per heavy atom. The van der Waals surface area contributed by atoms with Gasteiger partial charge in [0.15, 0.2) is 16.6 Å². The fourth-order valence-electron chi connectivity index (χ4n) is 1.85. The van der Waals surface area contributed by atoms with E-state index in [1.165, 1.54) is 0 Å². The number of nitrogens with zero attached hydrogens (tertiary/aromatic N) is 1. The van der Waals surface area contributed by atoms with E-state index in [0.717, 1.165) is 15.6 Å². The van der Waals surface area contributed by atoms with Gasteiger partial charge in [0.05, 0.1) is 13.3 Å². The highest BCUT2D eigenvalue weighted by atomic mass is 79.9. The largest absolute Gasteiger partial charge is 0.493 e. The molecule has 5 nitrogen and oxygen atoms in total. The van der Waals surface area contributed by atoms with Gasteiger partial charge in [-0.1, -0.05) is 28.1 Å². The number of methoxy groups -OCH3 is 1. The summed E-state index contributed by atoms with van der Waals surface area (Å²) in [4.78, 5) is 0. The number of rotatable bonds is 6. The van der Waals surface area contributed by atoms with Crippen molar-refractivity contribution >= 4 is 39.5 Å². The van der Waals surface area contributed by atoms with Crippen LogP contribution in [0.5, 0.6) is 11.5 Å². The van der Waals surface area contributed by atoms with Gasteiger partial charge in [-0.2, -0.15) is 5.10 Å². The molecule has 0 atom stereocenters. The van der Waals surface area contributed by atoms with Crippen LogP contribution in [-0.2, 0) is 6.61 Å². The van der Waals surface area contributed by atoms with Crippen LogP contribution in [0.15, 0.2) is 52.0 Å². The molecular formula is C17H18BrN3O2S. The van der Waals surface area contributed by atoms with E-state index >= 15 is 0 Å². The maximum Gasteiger partial charge on any atom is 0.186 e. The van der Waals surface area contributed by atoms with Gasteiger partial charge in [0.2, 0.25) is 0 Å². The van der Waals surface area contributed by atoms with Gasteiger partial charge in [0.1, 0.15) is 6.61 Å². The molecule has 0 saturated heterocycles. The Kier molecular flexibility index (Phi) is 7.02. The third kappa shape index (κ3) is 5.50. The Morgan fingerprint density at radius 1 is 1.21 bits per heavy atom. The van der Waals surface area contributed by atoms with Gasteiger partial charge in [0.25, 0.3) is 0 Å². The predicted molar refractivity (Wildman–Crippen MR) is 104 cm³/mol. The number of hydrazone groups is 1. The minimum absolute atomic E-state index is 0.452. The average molecular weight is 408 g/mol. The summed E-state index contributed by atoms with van der Waals surface area (Å²) in [5, 5.41) is 7.27. The van der Waals surface area contributed by atoms with E-state index in [1.54, 1.807) is 20.4 Å². The monoisotopic (exact) mass is 407 g/mol. The summed E-state index contributed by atoms with van der Waals surface area (Å²) in [5.41, 5.74) is 4.65. The summed E-state index contributed by atoms with van der Waals surface area (Å²) in [6.45, 7) is 0.467. The third-order valence-corrected chi connectivity index (χ3v) is 3.93. The lowest BCUT2D eigenvalue weighted by molar-refractivity contribution is 0.284. The zero-order valence-corrected chi connectivity index (χ0v) is 15.8. The van der Waals surface area contributed by atoms with Crippen LogP contribution < -0.4 is 20.2 Å². The molecule has 0 fully saturated rings. The smallest absolute Gasteiger partial charge is 0.186 e. The molecule has 24 heavy (non-hydrogen) atoms. The zero-order chi connectivity index (χ0) is 17.4. The molecule has 2 N–H and O–H groups in total. The van der Waals surface area contributed by atoms with E-state index in [1.807, 2.05) is 42.5 Å². The molecule has 7 heteroatoms. The zero-order valence-electron chi connectivity index (χ0n) is 13.4. The summed E-state index contributed by atoms with van der Waals surface area (Å²) < 4.78 is 12.3. The second-order valence-electron chi connectivity index (χ2n) is 4.77. The first-order chi connectivity index (χ1) is 11.6. The Balaban J connectivity index is 2.02. The molecule has 0 aliphatic heterocycles. The summed E-state index contributed by atoms with van der Waals surface area (Å²) >= 11 is 8.36. The normalized spacial score (nSPS) is 10.5. The highest BCUT2D eigenvalue weighted by Gasteiger charge is 2.05. The van der Waals surface area contributed by atoms with Crippen molar-refractivity contribution in [3.63, 3.8) is 0 Å². The van der Waals surface area contributed by atoms with Gasteiger partial charge in [-0.15, -0.1) is 0 Å². The predicted octanol–water partition coefficient (Wildman–Crippen LogP) is 3.46. The van der Waals surface area contributed by atoms with Crippen LogP contribution in [0.25, 0.3) is 0 Å². The van der Waals surface area contributed by atoms with Crippen LogP contribution in [0, 0.1) is 0 Å². The van der Waals surface area contributed by atoms with Gasteiger partial charge >= 0.3 is 0 Å². The second-order valence-corrected chi connectivity index (χ2v) is 6.10. The number of hydrogen-bond donors (Lipinski definition) is 2. The lowest BCUT2D eigenvalue weighted by Gasteiger charge is -2.11. The van der Waals surface area contributed by atoms with Gasteiger partial charge < -0.3 is 14.8 Å². The Hall–Kier alpha value is -2.12. The topological polar surface area (TPSA) is 54.9 Å². The molecule has 2 rings (SSSR count). The quantitative estimate of drug-likeness (QED) is 0.436. The number of benzene rings is 2. The fourth-order valence-corrected chi connectivity index (χ4v) is 2.16. The minimum Gasteiger partial charge on any atom is -0.493 e. The molecule has 0 radical (unpaired) electrons. The van der Waals surface area contributed by atoms with E-state index in [0.29, 0.717) is 23.2 Å². The first-order valence-electron chi connectivity index (χ1n) is 7.18. The van der Waals surface area contributed by atoms with Crippen molar-refractivity contribution in [3.05, 3.63) is 58.1 Å². The minimum atomic E-state index is 0.452. The summed E-state index contributed by atoms with van der Waals surface area (Å²) in [5.74, 6) is 1.32. The molecule has 0 aliphatic rings. The Morgan fingerprint density at radius 3 is 2.62 bits per heavy atom. The van der Waals surface area contributed by atoms with E-state index in [-0.39, 0.29) is 0 Å². The lowest BCUT2D eigenvalue weighted by atomic mass is 10.2. The van der Waals surface area contributed by atoms with Crippen molar-refractivity contribution in [2.45, 2.75) is 6.61 Å². The van der Waals surface area contributed by atoms with E-state index < -0.39 is 0 Å². The van der Waals surface area contributed by atoms with Crippen molar-refractivity contribution in [2.75, 3.05) is 14.2 Å². The van der Waals surface area contributed by atoms with Crippen LogP contribution in [0.2, 0.25) is 0 Å². The number of hydrogen-bond acceptors (Lipinski definition) is 4. The number of thiocarbonyl (C=S) groups is 1. The van der Waals surface area contributed by atoms with E-state index in [4.69, 9.17) is 21.7 Å². The molecule has 2 aromatic rings. The summed E-state index contributed by atoms with van der Waals surface area (Å²) in [6, 6.07) is 13.6. The van der Waals surface area contributed by atoms with Crippen LogP contribution >= 0.6 is 28.1 Å². The van der Waals surface area contributed by atoms with E-state index in [9.17, 15) is 0 Å². The fraction of sp³-hybridized carbons (Fsp3) is 0.176. The molecule has 0 aliphatic carbocycles. The van der Waals surface area contributed by atoms with E-state index in [2.05, 4.69) is 31.8 Å². The highest BCUT2D eigenvalue weighted by molar-refractivity contribution is 9.10. The first kappa shape index (κ1) is 18.2. The van der Waals surface area contributed by atoms with Crippen molar-refractivity contribution in [1.82, 2.24) is 10.7 Å². The number of nitrogens with one attached hydrogen (secondary N) is 2. The molecular weight excluding hydrogens is 390 g/mol. The maximum atomic E-state index is 5.84.